The van der Waals surface area contributed by atoms with E-state index in [-0.39, 0.29) is 47.6 Å². The number of aromatic carboxylic acids is 1. The Balaban J connectivity index is 1.74. The van der Waals surface area contributed by atoms with Crippen molar-refractivity contribution in [3.63, 3.8) is 0 Å². The normalized spacial score (nSPS) is 18.5. The molecule has 238 valence electrons. The number of likely N-dealkylation sites (tertiary alicyclic amines) is 1. The Bertz CT molecular complexity index is 1620. The van der Waals surface area contributed by atoms with Crippen LogP contribution in [-0.4, -0.2) is 62.6 Å². The van der Waals surface area contributed by atoms with Crippen molar-refractivity contribution in [1.82, 2.24) is 14.8 Å². The molecule has 4 rings (SSSR count). The first-order valence-electron chi connectivity index (χ1n) is 14.7. The van der Waals surface area contributed by atoms with E-state index < -0.39 is 64.1 Å². The maximum absolute atomic E-state index is 15.4. The molecule has 0 bridgehead atoms. The summed E-state index contributed by atoms with van der Waals surface area (Å²) in [4.78, 5) is 52.2. The van der Waals surface area contributed by atoms with E-state index in [0.29, 0.717) is 19.3 Å². The Labute approximate surface area is 254 Å². The molecule has 1 saturated heterocycles. The first-order chi connectivity index (χ1) is 20.4. The van der Waals surface area contributed by atoms with Gasteiger partial charge >= 0.3 is 18.2 Å². The molecule has 44 heavy (non-hydrogen) atoms. The lowest BCUT2D eigenvalue weighted by atomic mass is 10.0. The number of pyridine rings is 1. The topological polar surface area (TPSA) is 127 Å². The zero-order valence-corrected chi connectivity index (χ0v) is 26.1. The smallest absolute Gasteiger partial charge is 0.410 e. The van der Waals surface area contributed by atoms with Gasteiger partial charge in [-0.05, 0) is 73.3 Å². The minimum Gasteiger partial charge on any atom is -0.477 e. The summed E-state index contributed by atoms with van der Waals surface area (Å²) in [5.41, 5.74) is -2.92. The summed E-state index contributed by atoms with van der Waals surface area (Å²) < 4.78 is 42.8. The van der Waals surface area contributed by atoms with Crippen LogP contribution >= 0.6 is 0 Å². The molecule has 0 radical (unpaired) electrons. The second kappa shape index (κ2) is 12.1. The standard InChI is InChI=1S/C32H39F2N3O7/c1-8-23-24(28(39)40)27(38)21-15-22(33)25(34)20(26(21)37(23)18-12-13-18)11-9-10-19-14-17(35-29(41)43-31(2,3)4)16-36(19)30(42)44-32(5,6)7/h15,17-19H,8,10,12-14,16H2,1-7H3,(H,35,41)(H,39,40)/t17-,19-/m0/s1. The van der Waals surface area contributed by atoms with Crippen molar-refractivity contribution in [3.8, 4) is 11.8 Å². The van der Waals surface area contributed by atoms with E-state index in [1.54, 1.807) is 53.0 Å². The quantitative estimate of drug-likeness (QED) is 0.424. The molecular weight excluding hydrogens is 576 g/mol. The van der Waals surface area contributed by atoms with Crippen molar-refractivity contribution >= 4 is 29.1 Å². The second-order valence-corrected chi connectivity index (χ2v) is 13.2. The van der Waals surface area contributed by atoms with Gasteiger partial charge in [-0.25, -0.2) is 23.2 Å². The van der Waals surface area contributed by atoms with Gasteiger partial charge in [0.05, 0.1) is 22.5 Å². The predicted molar refractivity (Wildman–Crippen MR) is 159 cm³/mol. The van der Waals surface area contributed by atoms with Crippen LogP contribution in [0.5, 0.6) is 0 Å². The fourth-order valence-electron chi connectivity index (χ4n) is 5.47. The number of carbonyl (C=O) groups excluding carboxylic acids is 2. The average molecular weight is 616 g/mol. The van der Waals surface area contributed by atoms with E-state index in [4.69, 9.17) is 9.47 Å². The lowest BCUT2D eigenvalue weighted by molar-refractivity contribution is 0.0221. The Morgan fingerprint density at radius 3 is 2.27 bits per heavy atom. The molecule has 2 fully saturated rings. The van der Waals surface area contributed by atoms with Crippen molar-refractivity contribution in [1.29, 1.82) is 0 Å². The molecular formula is C32H39F2N3O7. The van der Waals surface area contributed by atoms with Crippen LogP contribution in [0.3, 0.4) is 0 Å². The van der Waals surface area contributed by atoms with Crippen molar-refractivity contribution in [2.45, 2.75) is 110 Å². The fraction of sp³-hybridized carbons (Fsp3) is 0.562. The summed E-state index contributed by atoms with van der Waals surface area (Å²) in [6.07, 6.45) is 0.630. The molecule has 1 aliphatic heterocycles. The molecule has 1 aromatic heterocycles. The Kier molecular flexibility index (Phi) is 9.01. The van der Waals surface area contributed by atoms with Crippen molar-refractivity contribution < 1.29 is 37.7 Å². The average Bonchev–Trinajstić information content (AvgIpc) is 3.64. The third kappa shape index (κ3) is 7.14. The molecule has 2 aliphatic rings. The lowest BCUT2D eigenvalue weighted by Gasteiger charge is -2.27. The van der Waals surface area contributed by atoms with E-state index in [1.807, 2.05) is 0 Å². The van der Waals surface area contributed by atoms with Gasteiger partial charge < -0.3 is 29.4 Å². The third-order valence-electron chi connectivity index (χ3n) is 7.26. The van der Waals surface area contributed by atoms with Gasteiger partial charge in [0.2, 0.25) is 5.43 Å². The third-order valence-corrected chi connectivity index (χ3v) is 7.26. The van der Waals surface area contributed by atoms with E-state index in [9.17, 15) is 28.7 Å². The number of amides is 2. The monoisotopic (exact) mass is 615 g/mol. The number of hydrogen-bond donors (Lipinski definition) is 2. The van der Waals surface area contributed by atoms with E-state index in [1.165, 1.54) is 4.90 Å². The summed E-state index contributed by atoms with van der Waals surface area (Å²) >= 11 is 0. The number of carbonyl (C=O) groups is 3. The number of alkyl carbamates (subject to hydrolysis) is 1. The second-order valence-electron chi connectivity index (χ2n) is 13.2. The number of fused-ring (bicyclic) bond motifs is 1. The number of hydrogen-bond acceptors (Lipinski definition) is 6. The number of ether oxygens (including phenoxy) is 2. The number of rotatable bonds is 5. The molecule has 2 aromatic rings. The van der Waals surface area contributed by atoms with Crippen LogP contribution in [0.2, 0.25) is 0 Å². The van der Waals surface area contributed by atoms with E-state index >= 15 is 4.39 Å². The largest absolute Gasteiger partial charge is 0.477 e. The number of benzene rings is 1. The minimum atomic E-state index is -1.43. The highest BCUT2D eigenvalue weighted by Crippen LogP contribution is 2.40. The van der Waals surface area contributed by atoms with Crippen LogP contribution in [0.4, 0.5) is 18.4 Å². The lowest BCUT2D eigenvalue weighted by Crippen LogP contribution is -2.43. The maximum atomic E-state index is 15.4. The highest BCUT2D eigenvalue weighted by molar-refractivity contribution is 5.96. The number of nitrogens with zero attached hydrogens (tertiary/aromatic N) is 2. The first kappa shape index (κ1) is 32.8. The summed E-state index contributed by atoms with van der Waals surface area (Å²) in [7, 11) is 0. The molecule has 2 atom stereocenters. The fourth-order valence-corrected chi connectivity index (χ4v) is 5.47. The van der Waals surface area contributed by atoms with Crippen LogP contribution in [0, 0.1) is 23.5 Å². The van der Waals surface area contributed by atoms with Gasteiger partial charge in [0, 0.05) is 30.7 Å². The highest BCUT2D eigenvalue weighted by atomic mass is 19.2. The number of halogens is 2. The van der Waals surface area contributed by atoms with E-state index in [2.05, 4.69) is 17.2 Å². The van der Waals surface area contributed by atoms with Gasteiger partial charge in [0.15, 0.2) is 11.6 Å². The van der Waals surface area contributed by atoms with E-state index in [0.717, 1.165) is 6.07 Å². The molecule has 1 aliphatic carbocycles. The molecule has 1 saturated carbocycles. The van der Waals surface area contributed by atoms with Gasteiger partial charge in [0.1, 0.15) is 16.8 Å². The zero-order chi connectivity index (χ0) is 32.7. The van der Waals surface area contributed by atoms with Crippen LogP contribution in [-0.2, 0) is 15.9 Å². The first-order valence-corrected chi connectivity index (χ1v) is 14.7. The van der Waals surface area contributed by atoms with Crippen LogP contribution in [0.1, 0.15) is 102 Å². The molecule has 0 unspecified atom stereocenters. The molecule has 12 heteroatoms. The van der Waals surface area contributed by atoms with Crippen molar-refractivity contribution in [3.05, 3.63) is 44.7 Å². The molecule has 2 heterocycles. The van der Waals surface area contributed by atoms with Gasteiger partial charge in [-0.15, -0.1) is 0 Å². The Morgan fingerprint density at radius 2 is 1.73 bits per heavy atom. The van der Waals surface area contributed by atoms with Crippen LogP contribution in [0.25, 0.3) is 10.9 Å². The predicted octanol–water partition coefficient (Wildman–Crippen LogP) is 5.52. The van der Waals surface area contributed by atoms with Crippen molar-refractivity contribution in [2.75, 3.05) is 6.54 Å². The highest BCUT2D eigenvalue weighted by Gasteiger charge is 2.38. The Morgan fingerprint density at radius 1 is 1.09 bits per heavy atom. The number of nitrogens with one attached hydrogen (secondary N) is 1. The molecule has 2 amide bonds. The van der Waals surface area contributed by atoms with Crippen LogP contribution in [0.15, 0.2) is 10.9 Å². The zero-order valence-electron chi connectivity index (χ0n) is 26.1. The van der Waals surface area contributed by atoms with Crippen LogP contribution < -0.4 is 10.7 Å². The maximum Gasteiger partial charge on any atom is 0.410 e. The van der Waals surface area contributed by atoms with Gasteiger partial charge in [-0.3, -0.25) is 4.79 Å². The Hall–Kier alpha value is -4.14. The summed E-state index contributed by atoms with van der Waals surface area (Å²) in [6.45, 7) is 12.2. The minimum absolute atomic E-state index is 0.0185. The number of carboxylic acids is 1. The molecule has 1 aromatic carbocycles. The SMILES string of the molecule is CCc1c(C(=O)O)c(=O)c2cc(F)c(F)c(C#CC[C@H]3C[C@H](NC(=O)OC(C)(C)C)CN3C(=O)OC(C)(C)C)c2n1C1CC1. The summed E-state index contributed by atoms with van der Waals surface area (Å²) in [6, 6.07) is -0.460. The molecule has 10 nitrogen and oxygen atoms in total. The van der Waals surface area contributed by atoms with Crippen molar-refractivity contribution in [2.24, 2.45) is 0 Å². The van der Waals surface area contributed by atoms with Gasteiger partial charge in [-0.1, -0.05) is 18.8 Å². The van der Waals surface area contributed by atoms with Gasteiger partial charge in [-0.2, -0.15) is 0 Å². The number of carboxylic acid groups (broad SMARTS) is 1. The van der Waals surface area contributed by atoms with Gasteiger partial charge in [0.25, 0.3) is 0 Å². The molecule has 0 spiro atoms. The number of aromatic nitrogens is 1. The summed E-state index contributed by atoms with van der Waals surface area (Å²) in [5.74, 6) is 1.57. The molecule has 2 N–H and O–H groups in total. The summed E-state index contributed by atoms with van der Waals surface area (Å²) in [5, 5.41) is 12.3.